The fraction of sp³-hybridized carbons (Fsp3) is 0.500. The third-order valence-corrected chi connectivity index (χ3v) is 3.26. The molecule has 2 aromatic heterocycles. The Labute approximate surface area is 118 Å². The lowest BCUT2D eigenvalue weighted by atomic mass is 10.2. The van der Waals surface area contributed by atoms with E-state index in [-0.39, 0.29) is 11.9 Å². The monoisotopic (exact) mass is 275 g/mol. The van der Waals surface area contributed by atoms with Crippen LogP contribution in [0.1, 0.15) is 25.6 Å². The molecule has 6 nitrogen and oxygen atoms in total. The second-order valence-corrected chi connectivity index (χ2v) is 4.94. The van der Waals surface area contributed by atoms with E-state index in [1.54, 1.807) is 12.4 Å². The van der Waals surface area contributed by atoms with Gasteiger partial charge in [-0.2, -0.15) is 5.10 Å². The quantitative estimate of drug-likeness (QED) is 0.830. The van der Waals surface area contributed by atoms with Crippen LogP contribution >= 0.6 is 0 Å². The first kappa shape index (κ1) is 14.3. The molecule has 1 N–H and O–H groups in total. The number of aryl methyl sites for hydroxylation is 3. The van der Waals surface area contributed by atoms with E-state index in [1.807, 2.05) is 41.6 Å². The van der Waals surface area contributed by atoms with Crippen LogP contribution in [-0.2, 0) is 17.9 Å². The molecule has 0 bridgehead atoms. The van der Waals surface area contributed by atoms with Gasteiger partial charge in [0.1, 0.15) is 5.82 Å². The van der Waals surface area contributed by atoms with Crippen molar-refractivity contribution in [3.63, 3.8) is 0 Å². The first-order valence-electron chi connectivity index (χ1n) is 6.89. The van der Waals surface area contributed by atoms with Crippen LogP contribution in [0, 0.1) is 6.92 Å². The van der Waals surface area contributed by atoms with Crippen molar-refractivity contribution >= 4 is 5.91 Å². The SMILES string of the molecule is Cc1nccn1CCC(=O)N[C@@H](C)CCn1cccn1. The summed E-state index contributed by atoms with van der Waals surface area (Å²) in [5.74, 6) is 1.01. The maximum absolute atomic E-state index is 11.9. The second kappa shape index (κ2) is 6.88. The van der Waals surface area contributed by atoms with Gasteiger partial charge in [-0.05, 0) is 26.3 Å². The van der Waals surface area contributed by atoms with Gasteiger partial charge in [0.2, 0.25) is 5.91 Å². The zero-order valence-electron chi connectivity index (χ0n) is 12.0. The molecule has 1 amide bonds. The molecule has 0 saturated carbocycles. The smallest absolute Gasteiger partial charge is 0.222 e. The molecule has 20 heavy (non-hydrogen) atoms. The Morgan fingerprint density at radius 3 is 2.85 bits per heavy atom. The van der Waals surface area contributed by atoms with Crippen molar-refractivity contribution in [1.29, 1.82) is 0 Å². The highest BCUT2D eigenvalue weighted by Crippen LogP contribution is 1.99. The fourth-order valence-corrected chi connectivity index (χ4v) is 2.04. The molecule has 0 aliphatic heterocycles. The van der Waals surface area contributed by atoms with Crippen LogP contribution in [-0.4, -0.2) is 31.3 Å². The first-order chi connectivity index (χ1) is 9.65. The van der Waals surface area contributed by atoms with Crippen LogP contribution < -0.4 is 5.32 Å². The van der Waals surface area contributed by atoms with E-state index in [0.717, 1.165) is 18.8 Å². The van der Waals surface area contributed by atoms with Crippen LogP contribution in [0.5, 0.6) is 0 Å². The molecule has 0 saturated heterocycles. The Morgan fingerprint density at radius 2 is 2.20 bits per heavy atom. The van der Waals surface area contributed by atoms with E-state index in [2.05, 4.69) is 15.4 Å². The van der Waals surface area contributed by atoms with Gasteiger partial charge >= 0.3 is 0 Å². The third kappa shape index (κ3) is 4.22. The molecule has 1 atom stereocenters. The second-order valence-electron chi connectivity index (χ2n) is 4.94. The molecule has 0 aromatic carbocycles. The zero-order valence-corrected chi connectivity index (χ0v) is 12.0. The highest BCUT2D eigenvalue weighted by atomic mass is 16.1. The lowest BCUT2D eigenvalue weighted by Gasteiger charge is -2.14. The van der Waals surface area contributed by atoms with Gasteiger partial charge < -0.3 is 9.88 Å². The van der Waals surface area contributed by atoms with E-state index >= 15 is 0 Å². The van der Waals surface area contributed by atoms with Crippen molar-refractivity contribution in [1.82, 2.24) is 24.6 Å². The Kier molecular flexibility index (Phi) is 4.92. The van der Waals surface area contributed by atoms with Gasteiger partial charge in [0, 0.05) is 50.3 Å². The Morgan fingerprint density at radius 1 is 1.35 bits per heavy atom. The molecule has 108 valence electrons. The topological polar surface area (TPSA) is 64.7 Å². The standard InChI is InChI=1S/C14H21N5O/c1-12(4-10-19-8-3-6-16-19)17-14(20)5-9-18-11-7-15-13(18)2/h3,6-8,11-12H,4-5,9-10H2,1-2H3,(H,17,20)/t12-/m0/s1. The summed E-state index contributed by atoms with van der Waals surface area (Å²) in [5.41, 5.74) is 0. The van der Waals surface area contributed by atoms with Gasteiger partial charge in [0.15, 0.2) is 0 Å². The fourth-order valence-electron chi connectivity index (χ4n) is 2.04. The van der Waals surface area contributed by atoms with Crippen molar-refractivity contribution in [2.45, 2.75) is 45.8 Å². The minimum atomic E-state index is 0.0751. The molecular weight excluding hydrogens is 254 g/mol. The molecule has 2 heterocycles. The van der Waals surface area contributed by atoms with E-state index in [0.29, 0.717) is 13.0 Å². The molecule has 2 aromatic rings. The molecule has 0 radical (unpaired) electrons. The van der Waals surface area contributed by atoms with E-state index in [9.17, 15) is 4.79 Å². The number of hydrogen-bond donors (Lipinski definition) is 1. The summed E-state index contributed by atoms with van der Waals surface area (Å²) in [6.45, 7) is 5.44. The van der Waals surface area contributed by atoms with Crippen LogP contribution in [0.4, 0.5) is 0 Å². The highest BCUT2D eigenvalue weighted by molar-refractivity contribution is 5.76. The van der Waals surface area contributed by atoms with Gasteiger partial charge in [0.05, 0.1) is 0 Å². The summed E-state index contributed by atoms with van der Waals surface area (Å²) in [7, 11) is 0. The predicted molar refractivity (Wildman–Crippen MR) is 76.0 cm³/mol. The number of nitrogens with zero attached hydrogens (tertiary/aromatic N) is 4. The molecule has 2 rings (SSSR count). The van der Waals surface area contributed by atoms with Gasteiger partial charge in [-0.1, -0.05) is 0 Å². The number of carbonyl (C=O) groups is 1. The number of aromatic nitrogens is 4. The predicted octanol–water partition coefficient (Wildman–Crippen LogP) is 1.37. The maximum atomic E-state index is 11.9. The van der Waals surface area contributed by atoms with Crippen LogP contribution in [0.3, 0.4) is 0 Å². The van der Waals surface area contributed by atoms with Crippen LogP contribution in [0.25, 0.3) is 0 Å². The average Bonchev–Trinajstić information content (AvgIpc) is 3.05. The van der Waals surface area contributed by atoms with Crippen LogP contribution in [0.2, 0.25) is 0 Å². The number of hydrogen-bond acceptors (Lipinski definition) is 3. The van der Waals surface area contributed by atoms with Gasteiger partial charge in [-0.25, -0.2) is 4.98 Å². The Balaban J connectivity index is 1.67. The summed E-state index contributed by atoms with van der Waals surface area (Å²) < 4.78 is 3.85. The van der Waals surface area contributed by atoms with Gasteiger partial charge in [-0.3, -0.25) is 9.48 Å². The molecule has 0 fully saturated rings. The maximum Gasteiger partial charge on any atom is 0.222 e. The highest BCUT2D eigenvalue weighted by Gasteiger charge is 2.08. The van der Waals surface area contributed by atoms with Crippen LogP contribution in [0.15, 0.2) is 30.9 Å². The summed E-state index contributed by atoms with van der Waals surface area (Å²) in [6.07, 6.45) is 8.68. The molecular formula is C14H21N5O. The minimum Gasteiger partial charge on any atom is -0.354 e. The van der Waals surface area contributed by atoms with Crippen molar-refractivity contribution in [3.8, 4) is 0 Å². The molecule has 0 spiro atoms. The third-order valence-electron chi connectivity index (χ3n) is 3.26. The Hall–Kier alpha value is -2.11. The van der Waals surface area contributed by atoms with Gasteiger partial charge in [-0.15, -0.1) is 0 Å². The van der Waals surface area contributed by atoms with Crippen molar-refractivity contribution in [3.05, 3.63) is 36.7 Å². The summed E-state index contributed by atoms with van der Waals surface area (Å²) in [4.78, 5) is 16.0. The summed E-state index contributed by atoms with van der Waals surface area (Å²) >= 11 is 0. The number of rotatable bonds is 7. The lowest BCUT2D eigenvalue weighted by molar-refractivity contribution is -0.121. The number of nitrogens with one attached hydrogen (secondary N) is 1. The number of carbonyl (C=O) groups excluding carboxylic acids is 1. The molecule has 0 aliphatic rings. The van der Waals surface area contributed by atoms with Crippen molar-refractivity contribution < 1.29 is 4.79 Å². The van der Waals surface area contributed by atoms with Crippen molar-refractivity contribution in [2.75, 3.05) is 0 Å². The van der Waals surface area contributed by atoms with E-state index < -0.39 is 0 Å². The summed E-state index contributed by atoms with van der Waals surface area (Å²) in [6, 6.07) is 2.05. The molecule has 6 heteroatoms. The number of amides is 1. The lowest BCUT2D eigenvalue weighted by Crippen LogP contribution is -2.33. The van der Waals surface area contributed by atoms with Gasteiger partial charge in [0.25, 0.3) is 0 Å². The van der Waals surface area contributed by atoms with E-state index in [4.69, 9.17) is 0 Å². The number of imidazole rings is 1. The van der Waals surface area contributed by atoms with E-state index in [1.165, 1.54) is 0 Å². The average molecular weight is 275 g/mol. The minimum absolute atomic E-state index is 0.0751. The Bertz CT molecular complexity index is 532. The molecule has 0 unspecified atom stereocenters. The largest absolute Gasteiger partial charge is 0.354 e. The zero-order chi connectivity index (χ0) is 14.4. The normalized spacial score (nSPS) is 12.3. The molecule has 0 aliphatic carbocycles. The summed E-state index contributed by atoms with van der Waals surface area (Å²) in [5, 5.41) is 7.15. The van der Waals surface area contributed by atoms with Crippen molar-refractivity contribution in [2.24, 2.45) is 0 Å². The first-order valence-corrected chi connectivity index (χ1v) is 6.89.